The van der Waals surface area contributed by atoms with Crippen molar-refractivity contribution >= 4 is 0 Å². The zero-order valence-electron chi connectivity index (χ0n) is 13.8. The highest BCUT2D eigenvalue weighted by atomic mass is 16.5. The average Bonchev–Trinajstić information content (AvgIpc) is 2.60. The fraction of sp³-hybridized carbons (Fsp3) is 0.667. The lowest BCUT2D eigenvalue weighted by molar-refractivity contribution is 0.202. The quantitative estimate of drug-likeness (QED) is 0.872. The highest BCUT2D eigenvalue weighted by Gasteiger charge is 2.24. The van der Waals surface area contributed by atoms with E-state index in [1.54, 1.807) is 0 Å². The molecule has 0 amide bonds. The second kappa shape index (κ2) is 6.80. The summed E-state index contributed by atoms with van der Waals surface area (Å²) in [4.78, 5) is 0. The van der Waals surface area contributed by atoms with Gasteiger partial charge in [-0.25, -0.2) is 0 Å². The van der Waals surface area contributed by atoms with Crippen molar-refractivity contribution in [2.75, 3.05) is 19.8 Å². The molecule has 0 radical (unpaired) electrons. The maximum Gasteiger partial charge on any atom is 0.124 e. The molecule has 0 saturated carbocycles. The number of benzene rings is 1. The minimum absolute atomic E-state index is 0.113. The number of aliphatic hydroxyl groups is 1. The van der Waals surface area contributed by atoms with Gasteiger partial charge in [-0.05, 0) is 55.7 Å². The number of hydrogen-bond acceptors (Lipinski definition) is 3. The third-order valence-electron chi connectivity index (χ3n) is 4.51. The summed E-state index contributed by atoms with van der Waals surface area (Å²) in [6.07, 6.45) is 3.00. The van der Waals surface area contributed by atoms with Crippen LogP contribution >= 0.6 is 0 Å². The van der Waals surface area contributed by atoms with Gasteiger partial charge in [-0.3, -0.25) is 0 Å². The first-order valence-electron chi connectivity index (χ1n) is 8.01. The van der Waals surface area contributed by atoms with Gasteiger partial charge < -0.3 is 15.2 Å². The van der Waals surface area contributed by atoms with E-state index in [4.69, 9.17) is 9.84 Å². The van der Waals surface area contributed by atoms with Crippen molar-refractivity contribution in [3.63, 3.8) is 0 Å². The van der Waals surface area contributed by atoms with Crippen LogP contribution in [0.1, 0.15) is 55.8 Å². The third-order valence-corrected chi connectivity index (χ3v) is 4.51. The van der Waals surface area contributed by atoms with Gasteiger partial charge in [0.15, 0.2) is 0 Å². The van der Waals surface area contributed by atoms with Crippen molar-refractivity contribution < 1.29 is 9.84 Å². The smallest absolute Gasteiger partial charge is 0.124 e. The number of aliphatic hydroxyl groups excluding tert-OH is 1. The van der Waals surface area contributed by atoms with Crippen LogP contribution in [0.2, 0.25) is 0 Å². The van der Waals surface area contributed by atoms with Crippen molar-refractivity contribution in [3.05, 3.63) is 28.8 Å². The van der Waals surface area contributed by atoms with Gasteiger partial charge in [0.1, 0.15) is 5.75 Å². The van der Waals surface area contributed by atoms with E-state index in [1.807, 2.05) is 0 Å². The molecule has 0 bridgehead atoms. The van der Waals surface area contributed by atoms with E-state index in [9.17, 15) is 0 Å². The Bertz CT molecular complexity index is 482. The predicted octanol–water partition coefficient (Wildman–Crippen LogP) is 3.52. The molecule has 3 heteroatoms. The number of rotatable bonds is 5. The van der Waals surface area contributed by atoms with Gasteiger partial charge in [-0.2, -0.15) is 0 Å². The van der Waals surface area contributed by atoms with Crippen LogP contribution in [0.5, 0.6) is 5.75 Å². The maximum absolute atomic E-state index is 9.16. The monoisotopic (exact) mass is 291 g/mol. The van der Waals surface area contributed by atoms with Gasteiger partial charge in [0.25, 0.3) is 0 Å². The number of aryl methyl sites for hydroxylation is 2. The lowest BCUT2D eigenvalue weighted by Crippen LogP contribution is -2.33. The largest absolute Gasteiger partial charge is 0.493 e. The molecule has 1 atom stereocenters. The van der Waals surface area contributed by atoms with Gasteiger partial charge in [-0.15, -0.1) is 0 Å². The molecule has 2 N–H and O–H groups in total. The van der Waals surface area contributed by atoms with Gasteiger partial charge in [0.05, 0.1) is 6.61 Å². The van der Waals surface area contributed by atoms with Crippen molar-refractivity contribution in [1.29, 1.82) is 0 Å². The molecule has 0 saturated heterocycles. The summed E-state index contributed by atoms with van der Waals surface area (Å²) in [6.45, 7) is 10.6. The normalized spacial score (nSPS) is 18.8. The van der Waals surface area contributed by atoms with Crippen LogP contribution in [0.4, 0.5) is 0 Å². The van der Waals surface area contributed by atoms with Crippen molar-refractivity contribution in [3.8, 4) is 5.75 Å². The fourth-order valence-corrected chi connectivity index (χ4v) is 2.84. The summed E-state index contributed by atoms with van der Waals surface area (Å²) >= 11 is 0. The summed E-state index contributed by atoms with van der Waals surface area (Å²) in [5, 5.41) is 12.9. The summed E-state index contributed by atoms with van der Waals surface area (Å²) in [5.41, 5.74) is 4.01. The first kappa shape index (κ1) is 16.3. The predicted molar refractivity (Wildman–Crippen MR) is 86.9 cm³/mol. The Hall–Kier alpha value is -1.06. The summed E-state index contributed by atoms with van der Waals surface area (Å²) in [7, 11) is 0. The molecule has 3 nitrogen and oxygen atoms in total. The topological polar surface area (TPSA) is 41.5 Å². The summed E-state index contributed by atoms with van der Waals surface area (Å²) in [6, 6.07) is 4.79. The molecule has 1 aliphatic rings. The summed E-state index contributed by atoms with van der Waals surface area (Å²) in [5.74, 6) is 1.04. The van der Waals surface area contributed by atoms with Crippen LogP contribution < -0.4 is 10.1 Å². The van der Waals surface area contributed by atoms with E-state index in [1.165, 1.54) is 16.7 Å². The van der Waals surface area contributed by atoms with Crippen molar-refractivity contribution in [2.45, 2.75) is 53.0 Å². The molecule has 1 unspecified atom stereocenters. The maximum atomic E-state index is 9.16. The van der Waals surface area contributed by atoms with Crippen LogP contribution in [0.25, 0.3) is 0 Å². The van der Waals surface area contributed by atoms with E-state index >= 15 is 0 Å². The molecular formula is C18H29NO2. The Morgan fingerprint density at radius 3 is 2.71 bits per heavy atom. The fourth-order valence-electron chi connectivity index (χ4n) is 2.84. The molecular weight excluding hydrogens is 262 g/mol. The van der Waals surface area contributed by atoms with Crippen LogP contribution in [0.3, 0.4) is 0 Å². The number of hydrogen-bond donors (Lipinski definition) is 2. The van der Waals surface area contributed by atoms with Crippen LogP contribution in [-0.2, 0) is 0 Å². The molecule has 1 aromatic carbocycles. The van der Waals surface area contributed by atoms with Crippen LogP contribution in [0, 0.1) is 19.3 Å². The molecule has 21 heavy (non-hydrogen) atoms. The van der Waals surface area contributed by atoms with E-state index in [0.717, 1.165) is 38.2 Å². The molecule has 1 heterocycles. The Balaban J connectivity index is 2.16. The summed E-state index contributed by atoms with van der Waals surface area (Å²) < 4.78 is 5.91. The lowest BCUT2D eigenvalue weighted by Gasteiger charge is -2.28. The number of fused-ring (bicyclic) bond motifs is 1. The van der Waals surface area contributed by atoms with Crippen molar-refractivity contribution in [2.24, 2.45) is 5.41 Å². The highest BCUT2D eigenvalue weighted by Crippen LogP contribution is 2.34. The zero-order valence-corrected chi connectivity index (χ0v) is 13.8. The molecule has 0 aromatic heterocycles. The SMILES string of the molecule is Cc1cc2c(cc1C)C(NCC(C)(C)CCO)CCCO2. The molecule has 118 valence electrons. The van der Waals surface area contributed by atoms with Gasteiger partial charge in [0.2, 0.25) is 0 Å². The van der Waals surface area contributed by atoms with E-state index in [0.29, 0.717) is 6.04 Å². The van der Waals surface area contributed by atoms with Gasteiger partial charge in [-0.1, -0.05) is 19.9 Å². The average molecular weight is 291 g/mol. The lowest BCUT2D eigenvalue weighted by atomic mass is 9.88. The zero-order chi connectivity index (χ0) is 15.5. The van der Waals surface area contributed by atoms with Gasteiger partial charge in [0, 0.05) is 24.8 Å². The van der Waals surface area contributed by atoms with Crippen molar-refractivity contribution in [1.82, 2.24) is 5.32 Å². The molecule has 1 aromatic rings. The Labute approximate surface area is 128 Å². The van der Waals surface area contributed by atoms with E-state index < -0.39 is 0 Å². The number of ether oxygens (including phenoxy) is 1. The second-order valence-corrected chi connectivity index (χ2v) is 7.04. The third kappa shape index (κ3) is 4.21. The van der Waals surface area contributed by atoms with Gasteiger partial charge >= 0.3 is 0 Å². The van der Waals surface area contributed by atoms with Crippen LogP contribution in [-0.4, -0.2) is 24.9 Å². The van der Waals surface area contributed by atoms with E-state index in [2.05, 4.69) is 45.1 Å². The molecule has 2 rings (SSSR count). The first-order chi connectivity index (χ1) is 9.93. The highest BCUT2D eigenvalue weighted by molar-refractivity contribution is 5.44. The second-order valence-electron chi connectivity index (χ2n) is 7.04. The minimum Gasteiger partial charge on any atom is -0.493 e. The molecule has 1 aliphatic heterocycles. The molecule has 0 fully saturated rings. The molecule has 0 aliphatic carbocycles. The Kier molecular flexibility index (Phi) is 5.28. The standard InChI is InChI=1S/C18H29NO2/c1-13-10-15-16(19-12-18(3,4)7-8-20)6-5-9-21-17(15)11-14(13)2/h10-11,16,19-20H,5-9,12H2,1-4H3. The van der Waals surface area contributed by atoms with Crippen LogP contribution in [0.15, 0.2) is 12.1 Å². The molecule has 0 spiro atoms. The number of nitrogens with one attached hydrogen (secondary N) is 1. The minimum atomic E-state index is 0.113. The first-order valence-corrected chi connectivity index (χ1v) is 8.01. The van der Waals surface area contributed by atoms with E-state index in [-0.39, 0.29) is 12.0 Å². The Morgan fingerprint density at radius 2 is 2.00 bits per heavy atom. The Morgan fingerprint density at radius 1 is 1.29 bits per heavy atom.